The molecule has 1 heterocycles. The van der Waals surface area contributed by atoms with E-state index in [0.717, 1.165) is 35.5 Å². The molecule has 0 saturated heterocycles. The highest BCUT2D eigenvalue weighted by Crippen LogP contribution is 2.63. The number of para-hydroxylation sites is 2. The molecule has 8 saturated carbocycles. The number of nitrogens with zero attached hydrogens (tertiary/aromatic N) is 2. The summed E-state index contributed by atoms with van der Waals surface area (Å²) in [5, 5.41) is 2.63. The van der Waals surface area contributed by atoms with Gasteiger partial charge in [0.1, 0.15) is 0 Å². The first-order chi connectivity index (χ1) is 32.8. The normalized spacial score (nSPS) is 29.2. The van der Waals surface area contributed by atoms with E-state index in [2.05, 4.69) is 181 Å². The highest BCUT2D eigenvalue weighted by Gasteiger charge is 2.53. The number of aromatic nitrogens is 1. The van der Waals surface area contributed by atoms with Crippen molar-refractivity contribution in [2.24, 2.45) is 35.5 Å². The Kier molecular flexibility index (Phi) is 8.24. The Hall–Kier alpha value is -5.86. The highest BCUT2D eigenvalue weighted by molar-refractivity contribution is 6.14. The summed E-state index contributed by atoms with van der Waals surface area (Å²) < 4.78 is 2.54. The van der Waals surface area contributed by atoms with Crippen LogP contribution in [0.5, 0.6) is 0 Å². The van der Waals surface area contributed by atoms with Crippen LogP contribution in [0.15, 0.2) is 158 Å². The van der Waals surface area contributed by atoms with Crippen LogP contribution >= 0.6 is 0 Å². The van der Waals surface area contributed by atoms with Gasteiger partial charge < -0.3 is 9.47 Å². The number of hydrogen-bond acceptors (Lipinski definition) is 1. The van der Waals surface area contributed by atoms with E-state index in [1.807, 2.05) is 0 Å². The van der Waals surface area contributed by atoms with Gasteiger partial charge in [0, 0.05) is 38.9 Å². The molecule has 8 aromatic rings. The van der Waals surface area contributed by atoms with Crippen LogP contribution in [0.2, 0.25) is 0 Å². The summed E-state index contributed by atoms with van der Waals surface area (Å²) in [6.07, 6.45) is 17.2. The third kappa shape index (κ3) is 5.74. The van der Waals surface area contributed by atoms with Crippen LogP contribution in [0, 0.1) is 35.5 Å². The maximum atomic E-state index is 2.62. The minimum atomic E-state index is -0.291. The first-order valence-corrected chi connectivity index (χ1v) is 26.2. The van der Waals surface area contributed by atoms with E-state index < -0.39 is 0 Å². The SMILES string of the molecule is CC1(C)c2cc(N(c3ccc(C45CC6CC(CC(C6)C4)C5)cc3)c3ccc(C45CC6CC(CC(C6)C4)C5)cc3)cc(-c3ccccc3)c2-c2ccc3c4ccccc4n(-c4ccccc4)c3c21. The zero-order valence-corrected chi connectivity index (χ0v) is 39.4. The van der Waals surface area contributed by atoms with Gasteiger partial charge in [-0.3, -0.25) is 0 Å². The molecule has 0 N–H and O–H groups in total. The van der Waals surface area contributed by atoms with E-state index in [1.54, 1.807) is 11.1 Å². The van der Waals surface area contributed by atoms with Gasteiger partial charge >= 0.3 is 0 Å². The van der Waals surface area contributed by atoms with Gasteiger partial charge in [-0.15, -0.1) is 0 Å². The third-order valence-corrected chi connectivity index (χ3v) is 19.4. The Bertz CT molecular complexity index is 3100. The van der Waals surface area contributed by atoms with Gasteiger partial charge in [-0.05, 0) is 222 Å². The number of hydrogen-bond donors (Lipinski definition) is 0. The second kappa shape index (κ2) is 14.1. The first-order valence-electron chi connectivity index (χ1n) is 26.2. The van der Waals surface area contributed by atoms with Crippen molar-refractivity contribution in [1.82, 2.24) is 4.57 Å². The third-order valence-electron chi connectivity index (χ3n) is 19.4. The fraction of sp³-hybridized carbons (Fsp3) is 0.354. The molecule has 0 radical (unpaired) electrons. The second-order valence-corrected chi connectivity index (χ2v) is 23.8. The molecule has 17 rings (SSSR count). The van der Waals surface area contributed by atoms with Crippen molar-refractivity contribution in [2.75, 3.05) is 4.90 Å². The molecule has 2 heteroatoms. The van der Waals surface area contributed by atoms with Crippen LogP contribution in [-0.2, 0) is 16.2 Å². The molecule has 2 nitrogen and oxygen atoms in total. The standard InChI is InChI=1S/C65H62N2/c1-63(2)58-34-53(33-57(47-11-5-3-6-12-47)60(58)56-26-25-55-54-15-9-10-16-59(54)67(62(55)61(56)63)50-13-7-4-8-14-50)66(51-21-17-48(18-22-51)64-35-41-27-42(36-64)29-43(28-41)37-64)52-23-19-49(20-24-52)65-38-44-30-45(39-65)32-46(31-44)40-65/h3-26,33-34,41-46H,27-32,35-40H2,1-2H3. The van der Waals surface area contributed by atoms with Crippen molar-refractivity contribution in [2.45, 2.75) is 107 Å². The molecule has 0 spiro atoms. The zero-order chi connectivity index (χ0) is 44.2. The van der Waals surface area contributed by atoms with Crippen LogP contribution < -0.4 is 4.90 Å². The molecular formula is C65H62N2. The molecule has 1 aromatic heterocycles. The van der Waals surface area contributed by atoms with Crippen molar-refractivity contribution in [1.29, 1.82) is 0 Å². The van der Waals surface area contributed by atoms with Crippen LogP contribution in [0.3, 0.4) is 0 Å². The van der Waals surface area contributed by atoms with Crippen LogP contribution in [0.4, 0.5) is 17.1 Å². The van der Waals surface area contributed by atoms with Crippen molar-refractivity contribution >= 4 is 38.9 Å². The maximum absolute atomic E-state index is 2.62. The molecule has 332 valence electrons. The molecule has 0 atom stereocenters. The summed E-state index contributed by atoms with van der Waals surface area (Å²) in [6.45, 7) is 4.99. The van der Waals surface area contributed by atoms with Gasteiger partial charge in [-0.2, -0.15) is 0 Å². The van der Waals surface area contributed by atoms with E-state index in [-0.39, 0.29) is 5.41 Å². The van der Waals surface area contributed by atoms with E-state index >= 15 is 0 Å². The second-order valence-electron chi connectivity index (χ2n) is 23.8. The molecule has 67 heavy (non-hydrogen) atoms. The predicted octanol–water partition coefficient (Wildman–Crippen LogP) is 17.2. The summed E-state index contributed by atoms with van der Waals surface area (Å²) in [5.74, 6) is 5.59. The van der Waals surface area contributed by atoms with Crippen molar-refractivity contribution in [3.05, 3.63) is 180 Å². The van der Waals surface area contributed by atoms with Gasteiger partial charge in [0.05, 0.1) is 11.0 Å². The lowest BCUT2D eigenvalue weighted by Gasteiger charge is -2.57. The van der Waals surface area contributed by atoms with Crippen LogP contribution in [0.1, 0.15) is 113 Å². The van der Waals surface area contributed by atoms with E-state index in [4.69, 9.17) is 0 Å². The number of rotatable bonds is 7. The fourth-order valence-corrected chi connectivity index (χ4v) is 17.6. The Morgan fingerprint density at radius 3 is 1.48 bits per heavy atom. The summed E-state index contributed by atoms with van der Waals surface area (Å²) in [5.41, 5.74) is 19.3. The predicted molar refractivity (Wildman–Crippen MR) is 278 cm³/mol. The Labute approximate surface area is 397 Å². The lowest BCUT2D eigenvalue weighted by molar-refractivity contribution is -0.00529. The van der Waals surface area contributed by atoms with Gasteiger partial charge in [0.2, 0.25) is 0 Å². The van der Waals surface area contributed by atoms with E-state index in [1.165, 1.54) is 155 Å². The molecule has 0 aliphatic heterocycles. The minimum absolute atomic E-state index is 0.291. The van der Waals surface area contributed by atoms with Gasteiger partial charge in [0.25, 0.3) is 0 Å². The molecule has 9 aliphatic rings. The number of fused-ring (bicyclic) bond motifs is 7. The molecule has 7 aromatic carbocycles. The molecule has 8 bridgehead atoms. The quantitative estimate of drug-likeness (QED) is 0.155. The van der Waals surface area contributed by atoms with Crippen molar-refractivity contribution in [3.8, 4) is 27.9 Å². The Morgan fingerprint density at radius 1 is 0.448 bits per heavy atom. The summed E-state index contributed by atoms with van der Waals surface area (Å²) in [4.78, 5) is 2.62. The Balaban J connectivity index is 0.925. The largest absolute Gasteiger partial charge is 0.310 e. The Morgan fingerprint density at radius 2 is 0.940 bits per heavy atom. The van der Waals surface area contributed by atoms with Crippen molar-refractivity contribution in [3.63, 3.8) is 0 Å². The van der Waals surface area contributed by atoms with Gasteiger partial charge in [0.15, 0.2) is 0 Å². The first kappa shape index (κ1) is 39.2. The average molecular weight is 871 g/mol. The number of benzene rings is 7. The molecular weight excluding hydrogens is 809 g/mol. The average Bonchev–Trinajstić information content (AvgIpc) is 3.79. The smallest absolute Gasteiger partial charge is 0.0588 e. The molecule has 0 amide bonds. The van der Waals surface area contributed by atoms with E-state index in [0.29, 0.717) is 10.8 Å². The minimum Gasteiger partial charge on any atom is -0.310 e. The monoisotopic (exact) mass is 870 g/mol. The summed E-state index contributed by atoms with van der Waals surface area (Å²) in [7, 11) is 0. The fourth-order valence-electron chi connectivity index (χ4n) is 17.6. The lowest BCUT2D eigenvalue weighted by Crippen LogP contribution is -2.48. The van der Waals surface area contributed by atoms with Crippen molar-refractivity contribution < 1.29 is 0 Å². The lowest BCUT2D eigenvalue weighted by atomic mass is 9.48. The molecule has 8 fully saturated rings. The van der Waals surface area contributed by atoms with Gasteiger partial charge in [-0.1, -0.05) is 117 Å². The number of anilines is 3. The topological polar surface area (TPSA) is 8.17 Å². The highest BCUT2D eigenvalue weighted by atomic mass is 15.1. The van der Waals surface area contributed by atoms with Crippen LogP contribution in [0.25, 0.3) is 49.7 Å². The zero-order valence-electron chi connectivity index (χ0n) is 39.4. The van der Waals surface area contributed by atoms with E-state index in [9.17, 15) is 0 Å². The molecule has 9 aliphatic carbocycles. The van der Waals surface area contributed by atoms with Gasteiger partial charge in [-0.25, -0.2) is 0 Å². The van der Waals surface area contributed by atoms with Crippen LogP contribution in [-0.4, -0.2) is 4.57 Å². The maximum Gasteiger partial charge on any atom is 0.0588 e. The molecule has 0 unspecified atom stereocenters. The summed E-state index contributed by atoms with van der Waals surface area (Å²) >= 11 is 0. The summed E-state index contributed by atoms with van der Waals surface area (Å²) in [6, 6.07) is 61.5.